The van der Waals surface area contributed by atoms with Crippen molar-refractivity contribution in [1.82, 2.24) is 4.57 Å². The summed E-state index contributed by atoms with van der Waals surface area (Å²) in [7, 11) is 0. The van der Waals surface area contributed by atoms with Crippen molar-refractivity contribution in [3.05, 3.63) is 52.9 Å². The molecular weight excluding hydrogens is 330 g/mol. The Hall–Kier alpha value is -3.33. The van der Waals surface area contributed by atoms with E-state index in [1.54, 1.807) is 20.1 Å². The van der Waals surface area contributed by atoms with E-state index >= 15 is 0 Å². The average Bonchev–Trinajstić information content (AvgIpc) is 3.11. The molecule has 0 unspecified atom stereocenters. The van der Waals surface area contributed by atoms with E-state index in [0.717, 1.165) is 22.0 Å². The number of benzene rings is 1. The lowest BCUT2D eigenvalue weighted by Crippen LogP contribution is -2.12. The number of fused-ring (bicyclic) bond motifs is 1. The highest BCUT2D eigenvalue weighted by Gasteiger charge is 2.14. The predicted octanol–water partition coefficient (Wildman–Crippen LogP) is 4.04. The number of aliphatic imine (C=N–C) groups is 1. The van der Waals surface area contributed by atoms with Gasteiger partial charge in [-0.05, 0) is 26.8 Å². The van der Waals surface area contributed by atoms with Crippen LogP contribution in [0.1, 0.15) is 29.4 Å². The lowest BCUT2D eigenvalue weighted by atomic mass is 10.2. The van der Waals surface area contributed by atoms with Crippen molar-refractivity contribution >= 4 is 29.0 Å². The first-order chi connectivity index (χ1) is 12.5. The fraction of sp³-hybridized carbons (Fsp3) is 0.250. The van der Waals surface area contributed by atoms with Crippen molar-refractivity contribution in [3.63, 3.8) is 0 Å². The summed E-state index contributed by atoms with van der Waals surface area (Å²) in [6.07, 6.45) is 3.50. The summed E-state index contributed by atoms with van der Waals surface area (Å²) in [5.74, 6) is 0.684. The van der Waals surface area contributed by atoms with Crippen LogP contribution in [0.5, 0.6) is 0 Å². The van der Waals surface area contributed by atoms with E-state index in [1.807, 2.05) is 42.0 Å². The van der Waals surface area contributed by atoms with Crippen LogP contribution in [-0.4, -0.2) is 23.4 Å². The Kier molecular flexibility index (Phi) is 4.90. The number of hydrogen-bond donors (Lipinski definition) is 0. The monoisotopic (exact) mass is 349 g/mol. The highest BCUT2D eigenvalue weighted by molar-refractivity contribution is 6.00. The molecule has 1 aromatic carbocycles. The van der Waals surface area contributed by atoms with Crippen molar-refractivity contribution in [2.45, 2.75) is 27.3 Å². The Morgan fingerprint density at radius 2 is 2.15 bits per heavy atom. The number of hydrogen-bond acceptors (Lipinski definition) is 5. The van der Waals surface area contributed by atoms with E-state index < -0.39 is 0 Å². The zero-order valence-electron chi connectivity index (χ0n) is 14.9. The molecule has 0 aliphatic carbocycles. The van der Waals surface area contributed by atoms with E-state index in [2.05, 4.69) is 11.1 Å². The first kappa shape index (κ1) is 17.5. The molecule has 0 fully saturated rings. The second kappa shape index (κ2) is 7.28. The van der Waals surface area contributed by atoms with Gasteiger partial charge in [-0.1, -0.05) is 18.2 Å². The number of carbonyl (C=O) groups excluding carboxylic acids is 1. The first-order valence-electron chi connectivity index (χ1n) is 8.32. The van der Waals surface area contributed by atoms with Crippen molar-refractivity contribution in [2.24, 2.45) is 4.99 Å². The van der Waals surface area contributed by atoms with Gasteiger partial charge in [0.25, 0.3) is 0 Å². The Balaban J connectivity index is 2.00. The molecule has 0 saturated carbocycles. The van der Waals surface area contributed by atoms with Crippen molar-refractivity contribution < 1.29 is 13.9 Å². The lowest BCUT2D eigenvalue weighted by Gasteiger charge is -2.04. The van der Waals surface area contributed by atoms with Crippen molar-refractivity contribution in [3.8, 4) is 6.07 Å². The maximum absolute atomic E-state index is 11.8. The molecule has 3 rings (SSSR count). The van der Waals surface area contributed by atoms with E-state index in [-0.39, 0.29) is 12.5 Å². The number of ether oxygens (including phenoxy) is 1. The van der Waals surface area contributed by atoms with Gasteiger partial charge in [-0.2, -0.15) is 5.26 Å². The van der Waals surface area contributed by atoms with E-state index in [9.17, 15) is 10.1 Å². The molecule has 0 spiro atoms. The molecule has 6 heteroatoms. The maximum Gasteiger partial charge on any atom is 0.325 e. The Morgan fingerprint density at radius 3 is 2.88 bits per heavy atom. The number of aromatic nitrogens is 1. The van der Waals surface area contributed by atoms with Crippen molar-refractivity contribution in [2.75, 3.05) is 6.61 Å². The number of para-hydroxylation sites is 1. The van der Waals surface area contributed by atoms with Gasteiger partial charge in [0.1, 0.15) is 23.9 Å². The van der Waals surface area contributed by atoms with Crippen LogP contribution in [0.4, 0.5) is 5.88 Å². The molecule has 0 aliphatic heterocycles. The molecule has 0 aliphatic rings. The minimum Gasteiger partial charge on any atom is -0.465 e. The summed E-state index contributed by atoms with van der Waals surface area (Å²) < 4.78 is 12.4. The number of esters is 1. The standard InChI is InChI=1S/C20H19N3O3/c1-4-25-19(24)12-23-11-15(16-7-5-6-8-18(16)23)10-22-20-17(9-21)13(2)14(3)26-20/h5-8,10-11H,4,12H2,1-3H3. The zero-order valence-corrected chi connectivity index (χ0v) is 14.9. The Labute approximate surface area is 151 Å². The summed E-state index contributed by atoms with van der Waals surface area (Å²) in [6.45, 7) is 5.90. The summed E-state index contributed by atoms with van der Waals surface area (Å²) in [5.41, 5.74) is 2.98. The number of nitriles is 1. The number of aryl methyl sites for hydroxylation is 1. The SMILES string of the molecule is CCOC(=O)Cn1cc(C=Nc2oc(C)c(C)c2C#N)c2ccccc21. The molecule has 132 valence electrons. The second-order valence-corrected chi connectivity index (χ2v) is 5.87. The van der Waals surface area contributed by atoms with Gasteiger partial charge in [0, 0.05) is 34.4 Å². The van der Waals surface area contributed by atoms with Gasteiger partial charge in [0.05, 0.1) is 6.61 Å². The molecule has 6 nitrogen and oxygen atoms in total. The van der Waals surface area contributed by atoms with Gasteiger partial charge in [-0.3, -0.25) is 4.79 Å². The van der Waals surface area contributed by atoms with E-state index in [4.69, 9.17) is 9.15 Å². The lowest BCUT2D eigenvalue weighted by molar-refractivity contribution is -0.143. The smallest absolute Gasteiger partial charge is 0.325 e. The normalized spacial score (nSPS) is 11.2. The highest BCUT2D eigenvalue weighted by Crippen LogP contribution is 2.28. The largest absolute Gasteiger partial charge is 0.465 e. The summed E-state index contributed by atoms with van der Waals surface area (Å²) >= 11 is 0. The van der Waals surface area contributed by atoms with Gasteiger partial charge < -0.3 is 13.7 Å². The van der Waals surface area contributed by atoms with Crippen LogP contribution in [0.15, 0.2) is 39.9 Å². The molecule has 0 amide bonds. The summed E-state index contributed by atoms with van der Waals surface area (Å²) in [4.78, 5) is 16.2. The third kappa shape index (κ3) is 3.24. The molecule has 2 heterocycles. The molecule has 0 N–H and O–H groups in total. The van der Waals surface area contributed by atoms with Crippen molar-refractivity contribution in [1.29, 1.82) is 5.26 Å². The van der Waals surface area contributed by atoms with Gasteiger partial charge in [0.2, 0.25) is 5.88 Å². The van der Waals surface area contributed by atoms with Gasteiger partial charge in [0.15, 0.2) is 0 Å². The highest BCUT2D eigenvalue weighted by atomic mass is 16.5. The minimum absolute atomic E-state index is 0.130. The quantitative estimate of drug-likeness (QED) is 0.514. The third-order valence-electron chi connectivity index (χ3n) is 4.22. The molecule has 0 bridgehead atoms. The molecule has 2 aromatic heterocycles. The predicted molar refractivity (Wildman–Crippen MR) is 98.7 cm³/mol. The minimum atomic E-state index is -0.291. The fourth-order valence-corrected chi connectivity index (χ4v) is 2.81. The van der Waals surface area contributed by atoms with Crippen LogP contribution < -0.4 is 0 Å². The molecule has 0 atom stereocenters. The van der Waals surface area contributed by atoms with Gasteiger partial charge in [-0.25, -0.2) is 4.99 Å². The van der Waals surface area contributed by atoms with Crippen LogP contribution in [0, 0.1) is 25.2 Å². The maximum atomic E-state index is 11.8. The molecule has 26 heavy (non-hydrogen) atoms. The van der Waals surface area contributed by atoms with Gasteiger partial charge >= 0.3 is 5.97 Å². The molecule has 0 radical (unpaired) electrons. The second-order valence-electron chi connectivity index (χ2n) is 5.87. The van der Waals surface area contributed by atoms with Crippen LogP contribution in [0.3, 0.4) is 0 Å². The topological polar surface area (TPSA) is 80.5 Å². The van der Waals surface area contributed by atoms with E-state index in [0.29, 0.717) is 23.8 Å². The van der Waals surface area contributed by atoms with Crippen LogP contribution in [-0.2, 0) is 16.1 Å². The molecule has 3 aromatic rings. The number of furan rings is 1. The number of carbonyl (C=O) groups is 1. The van der Waals surface area contributed by atoms with E-state index in [1.165, 1.54) is 0 Å². The summed E-state index contributed by atoms with van der Waals surface area (Å²) in [5, 5.41) is 10.3. The first-order valence-corrected chi connectivity index (χ1v) is 8.32. The molecule has 0 saturated heterocycles. The zero-order chi connectivity index (χ0) is 18.7. The van der Waals surface area contributed by atoms with Crippen LogP contribution in [0.2, 0.25) is 0 Å². The summed E-state index contributed by atoms with van der Waals surface area (Å²) in [6, 6.07) is 9.87. The number of rotatable bonds is 5. The molecular formula is C20H19N3O3. The van der Waals surface area contributed by atoms with Gasteiger partial charge in [-0.15, -0.1) is 0 Å². The fourth-order valence-electron chi connectivity index (χ4n) is 2.81. The van der Waals surface area contributed by atoms with Crippen LogP contribution >= 0.6 is 0 Å². The third-order valence-corrected chi connectivity index (χ3v) is 4.22. The Bertz CT molecular complexity index is 1030. The average molecular weight is 349 g/mol. The number of nitrogens with zero attached hydrogens (tertiary/aromatic N) is 3. The Morgan fingerprint density at radius 1 is 1.38 bits per heavy atom. The van der Waals surface area contributed by atoms with Crippen LogP contribution in [0.25, 0.3) is 10.9 Å².